The van der Waals surface area contributed by atoms with Crippen LogP contribution < -0.4 is 0 Å². The molecule has 5 nitrogen and oxygen atoms in total. The number of amides is 1. The van der Waals surface area contributed by atoms with Gasteiger partial charge in [-0.1, -0.05) is 72.3 Å². The van der Waals surface area contributed by atoms with E-state index in [2.05, 4.69) is 22.0 Å². The average molecular weight is 422 g/mol. The van der Waals surface area contributed by atoms with Crippen molar-refractivity contribution in [2.75, 3.05) is 19.6 Å². The van der Waals surface area contributed by atoms with E-state index in [1.165, 1.54) is 5.56 Å². The minimum atomic E-state index is -0.863. The number of hydrogen-bond acceptors (Lipinski definition) is 3. The summed E-state index contributed by atoms with van der Waals surface area (Å²) in [5.41, 5.74) is 4.11. The van der Waals surface area contributed by atoms with Gasteiger partial charge in [-0.3, -0.25) is 4.90 Å². The van der Waals surface area contributed by atoms with Gasteiger partial charge in [-0.15, -0.1) is 0 Å². The first kappa shape index (κ1) is 20.4. The Morgan fingerprint density at radius 2 is 1.77 bits per heavy atom. The number of halogens is 1. The number of hydrogen-bond donors (Lipinski definition) is 1. The minimum Gasteiger partial charge on any atom is -0.465 e. The number of rotatable bonds is 5. The topological polar surface area (TPSA) is 56.7 Å². The summed E-state index contributed by atoms with van der Waals surface area (Å²) in [5, 5.41) is 10.2. The summed E-state index contributed by atoms with van der Waals surface area (Å²) in [5.74, 6) is 0. The van der Waals surface area contributed by atoms with Gasteiger partial charge in [0, 0.05) is 31.7 Å². The SMILES string of the molecule is O=C(O)N1CCN(Cc2ccccc2)C[C@H]1Cc1ccccc1-c1cccc(Cl)n1. The molecule has 6 heteroatoms. The van der Waals surface area contributed by atoms with Crippen LogP contribution in [0.25, 0.3) is 11.3 Å². The van der Waals surface area contributed by atoms with E-state index in [0.717, 1.165) is 29.9 Å². The Hall–Kier alpha value is -2.89. The fourth-order valence-electron chi connectivity index (χ4n) is 4.09. The summed E-state index contributed by atoms with van der Waals surface area (Å²) in [4.78, 5) is 20.3. The molecule has 1 aliphatic heterocycles. The van der Waals surface area contributed by atoms with Crippen molar-refractivity contribution in [2.45, 2.75) is 19.0 Å². The van der Waals surface area contributed by atoms with Gasteiger partial charge in [-0.2, -0.15) is 0 Å². The van der Waals surface area contributed by atoms with Crippen LogP contribution in [0.3, 0.4) is 0 Å². The molecule has 154 valence electrons. The van der Waals surface area contributed by atoms with Gasteiger partial charge in [0.15, 0.2) is 0 Å². The molecular weight excluding hydrogens is 398 g/mol. The quantitative estimate of drug-likeness (QED) is 0.600. The molecule has 0 saturated carbocycles. The van der Waals surface area contributed by atoms with Crippen LogP contribution in [0.1, 0.15) is 11.1 Å². The fraction of sp³-hybridized carbons (Fsp3) is 0.250. The molecule has 4 rings (SSSR count). The highest BCUT2D eigenvalue weighted by molar-refractivity contribution is 6.29. The van der Waals surface area contributed by atoms with Crippen LogP contribution in [0.2, 0.25) is 5.15 Å². The second-order valence-electron chi connectivity index (χ2n) is 7.56. The van der Waals surface area contributed by atoms with E-state index in [1.54, 1.807) is 11.0 Å². The molecule has 1 N–H and O–H groups in total. The van der Waals surface area contributed by atoms with Crippen LogP contribution in [0.4, 0.5) is 4.79 Å². The molecule has 0 unspecified atom stereocenters. The van der Waals surface area contributed by atoms with Crippen molar-refractivity contribution in [3.05, 3.63) is 89.1 Å². The lowest BCUT2D eigenvalue weighted by Gasteiger charge is -2.40. The smallest absolute Gasteiger partial charge is 0.407 e. The lowest BCUT2D eigenvalue weighted by atomic mass is 9.96. The van der Waals surface area contributed by atoms with E-state index in [4.69, 9.17) is 11.6 Å². The third kappa shape index (κ3) is 4.81. The van der Waals surface area contributed by atoms with Crippen LogP contribution in [0, 0.1) is 0 Å². The summed E-state index contributed by atoms with van der Waals surface area (Å²) < 4.78 is 0. The van der Waals surface area contributed by atoms with E-state index < -0.39 is 6.09 Å². The van der Waals surface area contributed by atoms with Crippen molar-refractivity contribution in [1.82, 2.24) is 14.8 Å². The second kappa shape index (κ2) is 9.28. The molecule has 0 aliphatic carbocycles. The molecule has 0 radical (unpaired) electrons. The third-order valence-electron chi connectivity index (χ3n) is 5.53. The van der Waals surface area contributed by atoms with Gasteiger partial charge >= 0.3 is 6.09 Å². The van der Waals surface area contributed by atoms with E-state index in [1.807, 2.05) is 54.6 Å². The highest BCUT2D eigenvalue weighted by Crippen LogP contribution is 2.26. The molecule has 2 heterocycles. The molecule has 1 atom stereocenters. The van der Waals surface area contributed by atoms with Gasteiger partial charge < -0.3 is 10.0 Å². The predicted octanol–water partition coefficient (Wildman–Crippen LogP) is 4.81. The standard InChI is InChI=1S/C24H24ClN3O2/c25-23-12-6-11-22(26-23)21-10-5-4-9-19(21)15-20-17-27(13-14-28(20)24(29)30)16-18-7-2-1-3-8-18/h1-12,20H,13-17H2,(H,29,30)/t20-/m1/s1. The summed E-state index contributed by atoms with van der Waals surface area (Å²) in [7, 11) is 0. The molecule has 0 spiro atoms. The first-order chi connectivity index (χ1) is 14.6. The van der Waals surface area contributed by atoms with Crippen molar-refractivity contribution < 1.29 is 9.90 Å². The van der Waals surface area contributed by atoms with Gasteiger partial charge in [0.25, 0.3) is 0 Å². The molecule has 30 heavy (non-hydrogen) atoms. The largest absolute Gasteiger partial charge is 0.465 e. The van der Waals surface area contributed by atoms with Crippen LogP contribution in [0.5, 0.6) is 0 Å². The van der Waals surface area contributed by atoms with Crippen molar-refractivity contribution in [3.63, 3.8) is 0 Å². The molecule has 1 amide bonds. The van der Waals surface area contributed by atoms with E-state index >= 15 is 0 Å². The summed E-state index contributed by atoms with van der Waals surface area (Å²) >= 11 is 6.10. The molecular formula is C24H24ClN3O2. The second-order valence-corrected chi connectivity index (χ2v) is 7.94. The Kier molecular flexibility index (Phi) is 6.31. The maximum absolute atomic E-state index is 11.9. The molecule has 2 aromatic carbocycles. The minimum absolute atomic E-state index is 0.125. The normalized spacial score (nSPS) is 17.1. The average Bonchev–Trinajstić information content (AvgIpc) is 2.75. The Bertz CT molecular complexity index is 1010. The molecule has 1 fully saturated rings. The van der Waals surface area contributed by atoms with Crippen molar-refractivity contribution in [1.29, 1.82) is 0 Å². The van der Waals surface area contributed by atoms with Crippen LogP contribution in [0.15, 0.2) is 72.8 Å². The molecule has 3 aromatic rings. The highest BCUT2D eigenvalue weighted by Gasteiger charge is 2.31. The first-order valence-corrected chi connectivity index (χ1v) is 10.4. The fourth-order valence-corrected chi connectivity index (χ4v) is 4.26. The lowest BCUT2D eigenvalue weighted by molar-refractivity contribution is 0.0645. The number of pyridine rings is 1. The Balaban J connectivity index is 1.57. The number of nitrogens with zero attached hydrogens (tertiary/aromatic N) is 3. The van der Waals surface area contributed by atoms with Gasteiger partial charge in [0.05, 0.1) is 11.7 Å². The van der Waals surface area contributed by atoms with Gasteiger partial charge in [-0.25, -0.2) is 9.78 Å². The van der Waals surface area contributed by atoms with Gasteiger partial charge in [0.1, 0.15) is 5.15 Å². The molecule has 0 bridgehead atoms. The van der Waals surface area contributed by atoms with Crippen molar-refractivity contribution in [2.24, 2.45) is 0 Å². The Morgan fingerprint density at radius 1 is 1.00 bits per heavy atom. The van der Waals surface area contributed by atoms with E-state index in [-0.39, 0.29) is 6.04 Å². The summed E-state index contributed by atoms with van der Waals surface area (Å²) in [6, 6.07) is 23.8. The maximum atomic E-state index is 11.9. The number of aromatic nitrogens is 1. The highest BCUT2D eigenvalue weighted by atomic mass is 35.5. The molecule has 1 saturated heterocycles. The van der Waals surface area contributed by atoms with Crippen LogP contribution in [-0.2, 0) is 13.0 Å². The maximum Gasteiger partial charge on any atom is 0.407 e. The Morgan fingerprint density at radius 3 is 2.53 bits per heavy atom. The molecule has 1 aromatic heterocycles. The Labute approximate surface area is 181 Å². The number of piperazine rings is 1. The zero-order chi connectivity index (χ0) is 20.9. The predicted molar refractivity (Wildman–Crippen MR) is 119 cm³/mol. The number of carboxylic acid groups (broad SMARTS) is 1. The van der Waals surface area contributed by atoms with Gasteiger partial charge in [0.2, 0.25) is 0 Å². The van der Waals surface area contributed by atoms with Crippen molar-refractivity contribution in [3.8, 4) is 11.3 Å². The number of carbonyl (C=O) groups is 1. The summed E-state index contributed by atoms with van der Waals surface area (Å²) in [6.45, 7) is 2.75. The monoisotopic (exact) mass is 421 g/mol. The lowest BCUT2D eigenvalue weighted by Crippen LogP contribution is -2.55. The zero-order valence-corrected chi connectivity index (χ0v) is 17.4. The zero-order valence-electron chi connectivity index (χ0n) is 16.6. The van der Waals surface area contributed by atoms with E-state index in [0.29, 0.717) is 24.7 Å². The van der Waals surface area contributed by atoms with Gasteiger partial charge in [-0.05, 0) is 29.7 Å². The van der Waals surface area contributed by atoms with E-state index in [9.17, 15) is 9.90 Å². The number of benzene rings is 2. The van der Waals surface area contributed by atoms with Crippen molar-refractivity contribution >= 4 is 17.7 Å². The third-order valence-corrected chi connectivity index (χ3v) is 5.74. The van der Waals surface area contributed by atoms with Crippen LogP contribution >= 0.6 is 11.6 Å². The summed E-state index contributed by atoms with van der Waals surface area (Å²) in [6.07, 6.45) is -0.236. The first-order valence-electron chi connectivity index (χ1n) is 10.1. The van der Waals surface area contributed by atoms with Crippen LogP contribution in [-0.4, -0.2) is 51.7 Å². The molecule has 1 aliphatic rings.